The third kappa shape index (κ3) is 4.42. The Kier molecular flexibility index (Phi) is 6.10. The third-order valence-electron chi connectivity index (χ3n) is 5.83. The fraction of sp³-hybridized carbons (Fsp3) is 0.231. The highest BCUT2D eigenvalue weighted by atomic mass is 19.4. The minimum absolute atomic E-state index is 0.0646. The Labute approximate surface area is 187 Å². The van der Waals surface area contributed by atoms with Gasteiger partial charge in [0.05, 0.1) is 11.1 Å². The summed E-state index contributed by atoms with van der Waals surface area (Å²) in [4.78, 5) is 0. The number of hydrogen-bond acceptors (Lipinski definition) is 1. The molecule has 0 bridgehead atoms. The molecule has 1 unspecified atom stereocenters. The van der Waals surface area contributed by atoms with Crippen LogP contribution in [0.4, 0.5) is 26.3 Å². The summed E-state index contributed by atoms with van der Waals surface area (Å²) in [5.41, 5.74) is 0.598. The van der Waals surface area contributed by atoms with Crippen LogP contribution in [0.15, 0.2) is 78.4 Å². The molecule has 0 spiro atoms. The molecular formula is C26H20F6O. The van der Waals surface area contributed by atoms with Gasteiger partial charge in [-0.25, -0.2) is 0 Å². The molecule has 0 amide bonds. The van der Waals surface area contributed by atoms with E-state index < -0.39 is 29.4 Å². The van der Waals surface area contributed by atoms with Crippen LogP contribution in [0.5, 0.6) is 0 Å². The van der Waals surface area contributed by atoms with Gasteiger partial charge in [-0.05, 0) is 58.0 Å². The molecule has 0 N–H and O–H groups in total. The summed E-state index contributed by atoms with van der Waals surface area (Å²) in [7, 11) is 1.48. The Morgan fingerprint density at radius 2 is 1.48 bits per heavy atom. The van der Waals surface area contributed by atoms with Crippen LogP contribution in [-0.2, 0) is 17.1 Å². The summed E-state index contributed by atoms with van der Waals surface area (Å²) < 4.78 is 87.7. The predicted molar refractivity (Wildman–Crippen MR) is 114 cm³/mol. The molecule has 0 aliphatic heterocycles. The lowest BCUT2D eigenvalue weighted by molar-refractivity contribution is -0.138. The van der Waals surface area contributed by atoms with Crippen molar-refractivity contribution in [3.63, 3.8) is 0 Å². The number of alkyl halides is 6. The monoisotopic (exact) mass is 462 g/mol. The van der Waals surface area contributed by atoms with Crippen LogP contribution in [0.1, 0.15) is 45.7 Å². The first kappa shape index (κ1) is 23.1. The first-order valence-electron chi connectivity index (χ1n) is 10.3. The fourth-order valence-electron chi connectivity index (χ4n) is 4.52. The van der Waals surface area contributed by atoms with E-state index in [-0.39, 0.29) is 24.2 Å². The summed E-state index contributed by atoms with van der Waals surface area (Å²) in [6, 6.07) is 17.3. The normalized spacial score (nSPS) is 16.3. The van der Waals surface area contributed by atoms with Gasteiger partial charge in [-0.2, -0.15) is 26.3 Å². The highest BCUT2D eigenvalue weighted by Crippen LogP contribution is 2.53. The maximum absolute atomic E-state index is 14.1. The molecule has 3 aromatic rings. The van der Waals surface area contributed by atoms with Crippen LogP contribution in [0.2, 0.25) is 0 Å². The SMILES string of the molecule is COCCC1=C(c2cccc(C(F)(F)F)c2)c2cccc(C(F)(F)F)c2C1c1ccccc1. The van der Waals surface area contributed by atoms with Crippen LogP contribution < -0.4 is 0 Å². The topological polar surface area (TPSA) is 9.23 Å². The molecular weight excluding hydrogens is 442 g/mol. The summed E-state index contributed by atoms with van der Waals surface area (Å²) in [5, 5.41) is 0. The first-order chi connectivity index (χ1) is 15.6. The summed E-state index contributed by atoms with van der Waals surface area (Å²) in [5.74, 6) is -0.751. The summed E-state index contributed by atoms with van der Waals surface area (Å²) in [6.45, 7) is 0.219. The molecule has 4 rings (SSSR count). The van der Waals surface area contributed by atoms with Crippen molar-refractivity contribution in [1.29, 1.82) is 0 Å². The van der Waals surface area contributed by atoms with Gasteiger partial charge in [-0.1, -0.05) is 54.6 Å². The van der Waals surface area contributed by atoms with Crippen molar-refractivity contribution in [2.75, 3.05) is 13.7 Å². The molecule has 0 heterocycles. The van der Waals surface area contributed by atoms with Gasteiger partial charge in [0.25, 0.3) is 0 Å². The number of benzene rings is 3. The molecule has 3 aromatic carbocycles. The van der Waals surface area contributed by atoms with E-state index in [0.717, 1.165) is 18.2 Å². The van der Waals surface area contributed by atoms with E-state index in [0.29, 0.717) is 22.3 Å². The smallest absolute Gasteiger partial charge is 0.384 e. The number of hydrogen-bond donors (Lipinski definition) is 0. The second kappa shape index (κ2) is 8.71. The van der Waals surface area contributed by atoms with Gasteiger partial charge < -0.3 is 4.74 Å². The molecule has 7 heteroatoms. The molecule has 0 radical (unpaired) electrons. The second-order valence-electron chi connectivity index (χ2n) is 7.83. The number of rotatable bonds is 5. The predicted octanol–water partition coefficient (Wildman–Crippen LogP) is 7.71. The minimum Gasteiger partial charge on any atom is -0.384 e. The quantitative estimate of drug-likeness (QED) is 0.353. The van der Waals surface area contributed by atoms with Gasteiger partial charge >= 0.3 is 12.4 Å². The van der Waals surface area contributed by atoms with Crippen molar-refractivity contribution in [1.82, 2.24) is 0 Å². The molecule has 1 atom stereocenters. The van der Waals surface area contributed by atoms with Crippen LogP contribution in [0.25, 0.3) is 5.57 Å². The van der Waals surface area contributed by atoms with Gasteiger partial charge in [-0.3, -0.25) is 0 Å². The Morgan fingerprint density at radius 1 is 0.788 bits per heavy atom. The van der Waals surface area contributed by atoms with Crippen molar-refractivity contribution in [2.24, 2.45) is 0 Å². The third-order valence-corrected chi connectivity index (χ3v) is 5.83. The Morgan fingerprint density at radius 3 is 2.12 bits per heavy atom. The highest BCUT2D eigenvalue weighted by Gasteiger charge is 2.42. The van der Waals surface area contributed by atoms with E-state index in [1.807, 2.05) is 0 Å². The van der Waals surface area contributed by atoms with Crippen molar-refractivity contribution in [3.8, 4) is 0 Å². The average molecular weight is 462 g/mol. The van der Waals surface area contributed by atoms with E-state index >= 15 is 0 Å². The van der Waals surface area contributed by atoms with E-state index in [1.165, 1.54) is 25.3 Å². The van der Waals surface area contributed by atoms with Crippen molar-refractivity contribution >= 4 is 5.57 Å². The summed E-state index contributed by atoms with van der Waals surface area (Å²) in [6.07, 6.45) is -8.92. The number of fused-ring (bicyclic) bond motifs is 1. The maximum atomic E-state index is 14.1. The van der Waals surface area contributed by atoms with Crippen molar-refractivity contribution in [2.45, 2.75) is 24.7 Å². The van der Waals surface area contributed by atoms with Gasteiger partial charge in [0, 0.05) is 19.6 Å². The van der Waals surface area contributed by atoms with Gasteiger partial charge in [0.1, 0.15) is 0 Å². The molecule has 0 aromatic heterocycles. The standard InChI is InChI=1S/C26H20F6O/c1-33-14-13-20-22(17-9-5-10-18(15-17)25(27,28)29)19-11-6-12-21(26(30,31)32)24(19)23(20)16-7-3-2-4-8-16/h2-12,15,23H,13-14H2,1H3. The molecule has 172 valence electrons. The van der Waals surface area contributed by atoms with Crippen LogP contribution in [0, 0.1) is 0 Å². The minimum atomic E-state index is -4.62. The fourth-order valence-corrected chi connectivity index (χ4v) is 4.52. The van der Waals surface area contributed by atoms with Crippen LogP contribution in [-0.4, -0.2) is 13.7 Å². The zero-order valence-electron chi connectivity index (χ0n) is 17.6. The van der Waals surface area contributed by atoms with E-state index in [2.05, 4.69) is 0 Å². The number of halogens is 6. The summed E-state index contributed by atoms with van der Waals surface area (Å²) >= 11 is 0. The van der Waals surface area contributed by atoms with E-state index in [9.17, 15) is 26.3 Å². The van der Waals surface area contributed by atoms with Crippen molar-refractivity contribution < 1.29 is 31.1 Å². The first-order valence-corrected chi connectivity index (χ1v) is 10.3. The molecule has 1 nitrogen and oxygen atoms in total. The average Bonchev–Trinajstić information content (AvgIpc) is 3.11. The van der Waals surface area contributed by atoms with Crippen LogP contribution in [0.3, 0.4) is 0 Å². The van der Waals surface area contributed by atoms with Gasteiger partial charge in [-0.15, -0.1) is 0 Å². The molecule has 0 saturated carbocycles. The van der Waals surface area contributed by atoms with Crippen LogP contribution >= 0.6 is 0 Å². The Bertz CT molecular complexity index is 1180. The molecule has 0 fully saturated rings. The molecule has 1 aliphatic carbocycles. The molecule has 1 aliphatic rings. The molecule has 0 saturated heterocycles. The lowest BCUT2D eigenvalue weighted by Gasteiger charge is -2.21. The zero-order valence-corrected chi connectivity index (χ0v) is 17.6. The Balaban J connectivity index is 2.04. The van der Waals surface area contributed by atoms with Gasteiger partial charge in [0.2, 0.25) is 0 Å². The number of ether oxygens (including phenoxy) is 1. The van der Waals surface area contributed by atoms with Crippen molar-refractivity contribution in [3.05, 3.63) is 112 Å². The Hall–Kier alpha value is -3.06. The second-order valence-corrected chi connectivity index (χ2v) is 7.83. The molecule has 33 heavy (non-hydrogen) atoms. The zero-order chi connectivity index (χ0) is 23.8. The lowest BCUT2D eigenvalue weighted by Crippen LogP contribution is -2.13. The highest BCUT2D eigenvalue weighted by molar-refractivity contribution is 5.90. The van der Waals surface area contributed by atoms with Gasteiger partial charge in [0.15, 0.2) is 0 Å². The van der Waals surface area contributed by atoms with E-state index in [1.54, 1.807) is 36.4 Å². The van der Waals surface area contributed by atoms with E-state index in [4.69, 9.17) is 4.74 Å². The maximum Gasteiger partial charge on any atom is 0.416 e. The number of methoxy groups -OCH3 is 1. The largest absolute Gasteiger partial charge is 0.416 e. The lowest BCUT2D eigenvalue weighted by atomic mass is 9.84.